The average Bonchev–Trinajstić information content (AvgIpc) is 2.78. The second-order valence-electron chi connectivity index (χ2n) is 6.76. The lowest BCUT2D eigenvalue weighted by Crippen LogP contribution is -2.39. The van der Waals surface area contributed by atoms with Gasteiger partial charge in [0.1, 0.15) is 5.82 Å². The van der Waals surface area contributed by atoms with Crippen LogP contribution in [0.2, 0.25) is 0 Å². The van der Waals surface area contributed by atoms with Gasteiger partial charge in [0.05, 0.1) is 6.61 Å². The number of hydrogen-bond donors (Lipinski definition) is 3. The largest absolute Gasteiger partial charge is 0.392 e. The first-order valence-electron chi connectivity index (χ1n) is 9.64. The molecule has 30 heavy (non-hydrogen) atoms. The van der Waals surface area contributed by atoms with E-state index in [4.69, 9.17) is 0 Å². The molecule has 0 aliphatic heterocycles. The Morgan fingerprint density at radius 1 is 0.933 bits per heavy atom. The number of benzene rings is 3. The van der Waals surface area contributed by atoms with Gasteiger partial charge in [-0.2, -0.15) is 0 Å². The molecular weight excluding hydrogens is 492 g/mol. The Balaban J connectivity index is 0.00000320. The molecule has 0 spiro atoms. The summed E-state index contributed by atoms with van der Waals surface area (Å²) >= 11 is 0. The number of rotatable bonds is 7. The zero-order chi connectivity index (χ0) is 20.5. The topological polar surface area (TPSA) is 56.7 Å². The average molecular weight is 519 g/mol. The molecule has 0 amide bonds. The quantitative estimate of drug-likeness (QED) is 0.246. The molecule has 0 aliphatic rings. The van der Waals surface area contributed by atoms with Gasteiger partial charge in [-0.25, -0.2) is 4.39 Å². The molecule has 0 heterocycles. The highest BCUT2D eigenvalue weighted by Gasteiger charge is 2.14. The standard InChI is InChI=1S/C24H26FN3O.HI/c1-26-24(27-15-18-12-13-23(25)21(14-18)17-29)28-16-22(19-8-4-2-5-9-19)20-10-6-3-7-11-20;/h2-14,22,29H,15-17H2,1H3,(H2,26,27,28);1H. The van der Waals surface area contributed by atoms with Crippen LogP contribution in [0.5, 0.6) is 0 Å². The zero-order valence-electron chi connectivity index (χ0n) is 16.9. The molecule has 0 aliphatic carbocycles. The predicted octanol–water partition coefficient (Wildman–Crippen LogP) is 4.43. The molecule has 0 saturated heterocycles. The van der Waals surface area contributed by atoms with Crippen LogP contribution >= 0.6 is 24.0 Å². The maximum atomic E-state index is 13.6. The Morgan fingerprint density at radius 3 is 2.07 bits per heavy atom. The van der Waals surface area contributed by atoms with E-state index >= 15 is 0 Å². The van der Waals surface area contributed by atoms with Crippen LogP contribution in [0.1, 0.15) is 28.2 Å². The van der Waals surface area contributed by atoms with Gasteiger partial charge in [-0.05, 0) is 28.8 Å². The summed E-state index contributed by atoms with van der Waals surface area (Å²) in [5.74, 6) is 0.451. The van der Waals surface area contributed by atoms with Crippen LogP contribution in [-0.2, 0) is 13.2 Å². The van der Waals surface area contributed by atoms with Crippen LogP contribution in [0.25, 0.3) is 0 Å². The van der Waals surface area contributed by atoms with E-state index in [1.807, 2.05) is 36.4 Å². The van der Waals surface area contributed by atoms with E-state index in [9.17, 15) is 9.50 Å². The molecule has 4 nitrogen and oxygen atoms in total. The Kier molecular flexibility index (Phi) is 9.76. The lowest BCUT2D eigenvalue weighted by Gasteiger charge is -2.20. The molecule has 3 aromatic carbocycles. The highest BCUT2D eigenvalue weighted by molar-refractivity contribution is 14.0. The van der Waals surface area contributed by atoms with Crippen molar-refractivity contribution in [3.63, 3.8) is 0 Å². The maximum Gasteiger partial charge on any atom is 0.191 e. The lowest BCUT2D eigenvalue weighted by atomic mass is 9.91. The molecule has 0 saturated carbocycles. The van der Waals surface area contributed by atoms with Crippen molar-refractivity contribution < 1.29 is 9.50 Å². The normalized spacial score (nSPS) is 11.1. The fourth-order valence-corrected chi connectivity index (χ4v) is 3.26. The molecule has 3 N–H and O–H groups in total. The minimum atomic E-state index is -0.396. The van der Waals surface area contributed by atoms with E-state index < -0.39 is 5.82 Å². The van der Waals surface area contributed by atoms with Crippen molar-refractivity contribution in [1.82, 2.24) is 10.6 Å². The number of aliphatic hydroxyl groups is 1. The summed E-state index contributed by atoms with van der Waals surface area (Å²) in [6.45, 7) is 0.843. The molecule has 0 bridgehead atoms. The minimum Gasteiger partial charge on any atom is -0.392 e. The molecule has 0 atom stereocenters. The van der Waals surface area contributed by atoms with Crippen LogP contribution < -0.4 is 10.6 Å². The van der Waals surface area contributed by atoms with Crippen LogP contribution in [0.15, 0.2) is 83.9 Å². The third kappa shape index (κ3) is 6.53. The number of guanidine groups is 1. The van der Waals surface area contributed by atoms with Gasteiger partial charge in [-0.3, -0.25) is 4.99 Å². The Morgan fingerprint density at radius 2 is 1.53 bits per heavy atom. The third-order valence-corrected chi connectivity index (χ3v) is 4.84. The smallest absolute Gasteiger partial charge is 0.191 e. The molecular formula is C24H27FIN3O. The van der Waals surface area contributed by atoms with Gasteiger partial charge in [0.2, 0.25) is 0 Å². The van der Waals surface area contributed by atoms with Gasteiger partial charge < -0.3 is 15.7 Å². The molecule has 3 aromatic rings. The van der Waals surface area contributed by atoms with Crippen molar-refractivity contribution in [2.24, 2.45) is 4.99 Å². The van der Waals surface area contributed by atoms with Gasteiger partial charge in [0, 0.05) is 31.6 Å². The summed E-state index contributed by atoms with van der Waals surface area (Å²) in [4.78, 5) is 4.29. The highest BCUT2D eigenvalue weighted by atomic mass is 127. The van der Waals surface area contributed by atoms with E-state index in [-0.39, 0.29) is 36.5 Å². The number of aliphatic imine (C=N–C) groups is 1. The van der Waals surface area contributed by atoms with Crippen LogP contribution in [0.3, 0.4) is 0 Å². The van der Waals surface area contributed by atoms with Crippen LogP contribution in [0.4, 0.5) is 4.39 Å². The summed E-state index contributed by atoms with van der Waals surface area (Å²) in [5, 5.41) is 15.9. The van der Waals surface area contributed by atoms with Crippen molar-refractivity contribution in [2.75, 3.05) is 13.6 Å². The predicted molar refractivity (Wildman–Crippen MR) is 131 cm³/mol. The second-order valence-corrected chi connectivity index (χ2v) is 6.76. The number of aliphatic hydroxyl groups excluding tert-OH is 1. The van der Waals surface area contributed by atoms with E-state index in [1.54, 1.807) is 19.2 Å². The summed E-state index contributed by atoms with van der Waals surface area (Å²) in [5.41, 5.74) is 3.63. The summed E-state index contributed by atoms with van der Waals surface area (Å²) < 4.78 is 13.6. The first kappa shape index (κ1) is 23.8. The second kappa shape index (κ2) is 12.3. The van der Waals surface area contributed by atoms with Crippen molar-refractivity contribution >= 4 is 29.9 Å². The number of halogens is 2. The molecule has 0 radical (unpaired) electrons. The fraction of sp³-hybridized carbons (Fsp3) is 0.208. The SMILES string of the molecule is CN=C(NCc1ccc(F)c(CO)c1)NCC(c1ccccc1)c1ccccc1.I. The number of nitrogens with zero attached hydrogens (tertiary/aromatic N) is 1. The van der Waals surface area contributed by atoms with Crippen LogP contribution in [0, 0.1) is 5.82 Å². The van der Waals surface area contributed by atoms with Gasteiger partial charge in [0.25, 0.3) is 0 Å². The maximum absolute atomic E-state index is 13.6. The molecule has 0 aromatic heterocycles. The van der Waals surface area contributed by atoms with Crippen molar-refractivity contribution in [1.29, 1.82) is 0 Å². The minimum absolute atomic E-state index is 0. The Hall–Kier alpha value is -2.45. The van der Waals surface area contributed by atoms with Crippen molar-refractivity contribution in [3.8, 4) is 0 Å². The first-order chi connectivity index (χ1) is 14.2. The van der Waals surface area contributed by atoms with Gasteiger partial charge >= 0.3 is 0 Å². The van der Waals surface area contributed by atoms with Crippen molar-refractivity contribution in [2.45, 2.75) is 19.1 Å². The van der Waals surface area contributed by atoms with Crippen molar-refractivity contribution in [3.05, 3.63) is 107 Å². The van der Waals surface area contributed by atoms with Crippen LogP contribution in [-0.4, -0.2) is 24.7 Å². The van der Waals surface area contributed by atoms with E-state index in [1.165, 1.54) is 17.2 Å². The van der Waals surface area contributed by atoms with E-state index in [2.05, 4.69) is 39.9 Å². The molecule has 3 rings (SSSR count). The van der Waals surface area contributed by atoms with E-state index in [0.29, 0.717) is 24.6 Å². The summed E-state index contributed by atoms with van der Waals surface area (Å²) in [6.07, 6.45) is 0. The zero-order valence-corrected chi connectivity index (χ0v) is 19.2. The number of nitrogens with one attached hydrogen (secondary N) is 2. The van der Waals surface area contributed by atoms with Gasteiger partial charge in [0.15, 0.2) is 5.96 Å². The van der Waals surface area contributed by atoms with Gasteiger partial charge in [-0.15, -0.1) is 24.0 Å². The summed E-state index contributed by atoms with van der Waals surface area (Å²) in [7, 11) is 1.72. The molecule has 6 heteroatoms. The number of hydrogen-bond acceptors (Lipinski definition) is 2. The lowest BCUT2D eigenvalue weighted by molar-refractivity contribution is 0.275. The molecule has 158 valence electrons. The Labute approximate surface area is 194 Å². The summed E-state index contributed by atoms with van der Waals surface area (Å²) in [6, 6.07) is 25.5. The van der Waals surface area contributed by atoms with E-state index in [0.717, 1.165) is 5.56 Å². The third-order valence-electron chi connectivity index (χ3n) is 4.84. The Bertz CT molecular complexity index is 896. The molecule has 0 fully saturated rings. The molecule has 0 unspecified atom stereocenters. The monoisotopic (exact) mass is 519 g/mol. The fourth-order valence-electron chi connectivity index (χ4n) is 3.26. The van der Waals surface area contributed by atoms with Gasteiger partial charge in [-0.1, -0.05) is 66.7 Å². The first-order valence-corrected chi connectivity index (χ1v) is 9.64. The highest BCUT2D eigenvalue weighted by Crippen LogP contribution is 2.23.